The number of benzene rings is 1. The topological polar surface area (TPSA) is 56.5 Å². The van der Waals surface area contributed by atoms with Crippen LogP contribution < -0.4 is 20.5 Å². The number of hydrogen-bond acceptors (Lipinski definition) is 4. The van der Waals surface area contributed by atoms with Gasteiger partial charge in [0.25, 0.3) is 0 Å². The lowest BCUT2D eigenvalue weighted by Crippen LogP contribution is -2.28. The van der Waals surface area contributed by atoms with E-state index in [1.165, 1.54) is 0 Å². The van der Waals surface area contributed by atoms with Gasteiger partial charge in [-0.2, -0.15) is 0 Å². The normalized spacial score (nSPS) is 13.9. The van der Waals surface area contributed by atoms with Gasteiger partial charge in [-0.15, -0.1) is 5.92 Å². The molecule has 5 heteroatoms. The van der Waals surface area contributed by atoms with Gasteiger partial charge in [0.05, 0.1) is 11.6 Å². The molecule has 1 aliphatic heterocycles. The summed E-state index contributed by atoms with van der Waals surface area (Å²) in [6, 6.07) is 3.75. The highest BCUT2D eigenvalue weighted by Gasteiger charge is 2.20. The molecule has 0 amide bonds. The average Bonchev–Trinajstić information content (AvgIpc) is 2.83. The van der Waals surface area contributed by atoms with Gasteiger partial charge in [-0.25, -0.2) is 0 Å². The second kappa shape index (κ2) is 5.96. The zero-order valence-corrected chi connectivity index (χ0v) is 10.9. The molecule has 0 saturated heterocycles. The molecule has 1 aromatic rings. The van der Waals surface area contributed by atoms with Crippen LogP contribution in [0.4, 0.5) is 0 Å². The van der Waals surface area contributed by atoms with Gasteiger partial charge in [0.1, 0.15) is 0 Å². The molecule has 1 aromatic carbocycles. The van der Waals surface area contributed by atoms with Crippen LogP contribution >= 0.6 is 11.6 Å². The fraction of sp³-hybridized carbons (Fsp3) is 0.385. The Labute approximate surface area is 111 Å². The average molecular weight is 267 g/mol. The van der Waals surface area contributed by atoms with Crippen molar-refractivity contribution in [2.45, 2.75) is 13.0 Å². The number of halogens is 1. The highest BCUT2D eigenvalue weighted by molar-refractivity contribution is 6.32. The monoisotopic (exact) mass is 266 g/mol. The first-order valence-corrected chi connectivity index (χ1v) is 6.06. The van der Waals surface area contributed by atoms with Crippen LogP contribution in [0.2, 0.25) is 5.02 Å². The van der Waals surface area contributed by atoms with Crippen LogP contribution in [0.3, 0.4) is 0 Å². The molecule has 0 aliphatic carbocycles. The van der Waals surface area contributed by atoms with Gasteiger partial charge in [-0.05, 0) is 24.6 Å². The Kier molecular flexibility index (Phi) is 4.32. The van der Waals surface area contributed by atoms with Crippen molar-refractivity contribution in [1.82, 2.24) is 5.32 Å². The summed E-state index contributed by atoms with van der Waals surface area (Å²) in [5.41, 5.74) is 6.73. The Morgan fingerprint density at radius 3 is 3.06 bits per heavy atom. The van der Waals surface area contributed by atoms with Crippen molar-refractivity contribution in [3.05, 3.63) is 22.7 Å². The molecule has 0 aromatic heterocycles. The second-order valence-corrected chi connectivity index (χ2v) is 4.24. The SMILES string of the molecule is CC#CCNC(CN)c1cc(Cl)c2c(c1)OCO2. The molecular weight excluding hydrogens is 252 g/mol. The zero-order chi connectivity index (χ0) is 13.0. The summed E-state index contributed by atoms with van der Waals surface area (Å²) in [4.78, 5) is 0. The molecule has 3 N–H and O–H groups in total. The first-order valence-electron chi connectivity index (χ1n) is 5.68. The van der Waals surface area contributed by atoms with Gasteiger partial charge in [-0.3, -0.25) is 5.32 Å². The Hall–Kier alpha value is -1.41. The van der Waals surface area contributed by atoms with Gasteiger partial charge in [0.2, 0.25) is 6.79 Å². The Morgan fingerprint density at radius 2 is 2.33 bits per heavy atom. The van der Waals surface area contributed by atoms with Gasteiger partial charge < -0.3 is 15.2 Å². The highest BCUT2D eigenvalue weighted by atomic mass is 35.5. The highest BCUT2D eigenvalue weighted by Crippen LogP contribution is 2.40. The van der Waals surface area contributed by atoms with E-state index in [4.69, 9.17) is 26.8 Å². The van der Waals surface area contributed by atoms with Crippen molar-refractivity contribution in [3.8, 4) is 23.3 Å². The minimum absolute atomic E-state index is 0.00199. The molecule has 96 valence electrons. The summed E-state index contributed by atoms with van der Waals surface area (Å²) in [7, 11) is 0. The Bertz CT molecular complexity index is 494. The predicted molar refractivity (Wildman–Crippen MR) is 70.8 cm³/mol. The van der Waals surface area contributed by atoms with E-state index in [-0.39, 0.29) is 12.8 Å². The van der Waals surface area contributed by atoms with E-state index in [0.29, 0.717) is 29.6 Å². The van der Waals surface area contributed by atoms with Crippen LogP contribution in [-0.2, 0) is 0 Å². The molecule has 1 atom stereocenters. The van der Waals surface area contributed by atoms with Crippen molar-refractivity contribution in [3.63, 3.8) is 0 Å². The largest absolute Gasteiger partial charge is 0.454 e. The molecule has 0 fully saturated rings. The van der Waals surface area contributed by atoms with Crippen LogP contribution in [0.1, 0.15) is 18.5 Å². The maximum atomic E-state index is 6.14. The molecule has 18 heavy (non-hydrogen) atoms. The Balaban J connectivity index is 2.20. The second-order valence-electron chi connectivity index (χ2n) is 3.83. The number of fused-ring (bicyclic) bond motifs is 1. The summed E-state index contributed by atoms with van der Waals surface area (Å²) in [6.07, 6.45) is 0. The van der Waals surface area contributed by atoms with Crippen LogP contribution in [0.25, 0.3) is 0 Å². The molecular formula is C13H15ClN2O2. The van der Waals surface area contributed by atoms with Crippen LogP contribution in [0, 0.1) is 11.8 Å². The van der Waals surface area contributed by atoms with Gasteiger partial charge in [-0.1, -0.05) is 17.5 Å². The van der Waals surface area contributed by atoms with Crippen LogP contribution in [-0.4, -0.2) is 19.9 Å². The van der Waals surface area contributed by atoms with Crippen molar-refractivity contribution in [2.24, 2.45) is 5.73 Å². The van der Waals surface area contributed by atoms with Crippen molar-refractivity contribution in [1.29, 1.82) is 0 Å². The molecule has 0 bridgehead atoms. The predicted octanol–water partition coefficient (Wildman–Crippen LogP) is 1.68. The molecule has 0 saturated carbocycles. The molecule has 0 spiro atoms. The maximum Gasteiger partial charge on any atom is 0.231 e. The molecule has 4 nitrogen and oxygen atoms in total. The van der Waals surface area contributed by atoms with E-state index in [0.717, 1.165) is 5.56 Å². The fourth-order valence-electron chi connectivity index (χ4n) is 1.79. The number of nitrogens with one attached hydrogen (secondary N) is 1. The lowest BCUT2D eigenvalue weighted by Gasteiger charge is -2.16. The minimum atomic E-state index is -0.00199. The molecule has 1 heterocycles. The summed E-state index contributed by atoms with van der Waals surface area (Å²) >= 11 is 6.14. The summed E-state index contributed by atoms with van der Waals surface area (Å²) in [5.74, 6) is 7.04. The van der Waals surface area contributed by atoms with E-state index >= 15 is 0 Å². The summed E-state index contributed by atoms with van der Waals surface area (Å²) < 4.78 is 10.6. The first kappa shape index (κ1) is 13.0. The third-order valence-electron chi connectivity index (χ3n) is 2.70. The molecule has 0 radical (unpaired) electrons. The molecule has 2 rings (SSSR count). The standard InChI is InChI=1S/C13H15ClN2O2/c1-2-3-4-16-11(7-15)9-5-10(14)13-12(6-9)17-8-18-13/h5-6,11,16H,4,7-8,15H2,1H3. The lowest BCUT2D eigenvalue weighted by molar-refractivity contribution is 0.174. The van der Waals surface area contributed by atoms with E-state index in [9.17, 15) is 0 Å². The summed E-state index contributed by atoms with van der Waals surface area (Å²) in [5, 5.41) is 3.79. The number of hydrogen-bond donors (Lipinski definition) is 2. The van der Waals surface area contributed by atoms with E-state index in [1.807, 2.05) is 12.1 Å². The summed E-state index contributed by atoms with van der Waals surface area (Å²) in [6.45, 7) is 3.06. The van der Waals surface area contributed by atoms with Gasteiger partial charge in [0.15, 0.2) is 11.5 Å². The van der Waals surface area contributed by atoms with Gasteiger partial charge >= 0.3 is 0 Å². The zero-order valence-electron chi connectivity index (χ0n) is 10.1. The Morgan fingerprint density at radius 1 is 1.50 bits per heavy atom. The molecule has 1 aliphatic rings. The third-order valence-corrected chi connectivity index (χ3v) is 2.98. The van der Waals surface area contributed by atoms with Gasteiger partial charge in [0, 0.05) is 12.6 Å². The maximum absolute atomic E-state index is 6.14. The minimum Gasteiger partial charge on any atom is -0.454 e. The lowest BCUT2D eigenvalue weighted by atomic mass is 10.1. The van der Waals surface area contributed by atoms with E-state index < -0.39 is 0 Å². The van der Waals surface area contributed by atoms with Crippen LogP contribution in [0.15, 0.2) is 12.1 Å². The first-order chi connectivity index (χ1) is 8.76. The third kappa shape index (κ3) is 2.70. The number of ether oxygens (including phenoxy) is 2. The van der Waals surface area contributed by atoms with Crippen molar-refractivity contribution >= 4 is 11.6 Å². The van der Waals surface area contributed by atoms with Crippen molar-refractivity contribution in [2.75, 3.05) is 19.9 Å². The quantitative estimate of drug-likeness (QED) is 0.814. The van der Waals surface area contributed by atoms with E-state index in [2.05, 4.69) is 17.2 Å². The van der Waals surface area contributed by atoms with Crippen molar-refractivity contribution < 1.29 is 9.47 Å². The number of nitrogens with two attached hydrogens (primary N) is 1. The molecule has 1 unspecified atom stereocenters. The van der Waals surface area contributed by atoms with E-state index in [1.54, 1.807) is 6.92 Å². The fourth-order valence-corrected chi connectivity index (χ4v) is 2.06. The number of rotatable bonds is 4. The van der Waals surface area contributed by atoms with Crippen LogP contribution in [0.5, 0.6) is 11.5 Å². The smallest absolute Gasteiger partial charge is 0.231 e.